The van der Waals surface area contributed by atoms with E-state index in [2.05, 4.69) is 6.07 Å². The highest BCUT2D eigenvalue weighted by atomic mass is 16.2. The van der Waals surface area contributed by atoms with Crippen molar-refractivity contribution in [3.63, 3.8) is 0 Å². The van der Waals surface area contributed by atoms with E-state index in [1.807, 2.05) is 89.8 Å². The molecule has 156 valence electrons. The second-order valence-electron chi connectivity index (χ2n) is 7.97. The molecule has 0 saturated heterocycles. The summed E-state index contributed by atoms with van der Waals surface area (Å²) < 4.78 is 1.81. The Morgan fingerprint density at radius 3 is 2.34 bits per heavy atom. The van der Waals surface area contributed by atoms with E-state index in [0.29, 0.717) is 18.7 Å². The van der Waals surface area contributed by atoms with Crippen LogP contribution in [-0.2, 0) is 24.3 Å². The van der Waals surface area contributed by atoms with E-state index in [0.717, 1.165) is 34.5 Å². The molecule has 5 nitrogen and oxygen atoms in total. The van der Waals surface area contributed by atoms with Crippen molar-refractivity contribution in [3.8, 4) is 28.6 Å². The Balaban J connectivity index is 1.44. The summed E-state index contributed by atoms with van der Waals surface area (Å²) in [5.41, 5.74) is 6.70. The van der Waals surface area contributed by atoms with Crippen molar-refractivity contribution in [2.45, 2.75) is 19.5 Å². The van der Waals surface area contributed by atoms with Crippen LogP contribution in [-0.4, -0.2) is 27.1 Å². The van der Waals surface area contributed by atoms with Crippen molar-refractivity contribution in [1.82, 2.24) is 14.7 Å². The number of nitriles is 1. The Morgan fingerprint density at radius 1 is 0.906 bits per heavy atom. The molecule has 0 aliphatic carbocycles. The highest BCUT2D eigenvalue weighted by molar-refractivity contribution is 5.78. The molecule has 5 heteroatoms. The third-order valence-corrected chi connectivity index (χ3v) is 5.90. The number of benzene rings is 3. The molecule has 3 aromatic carbocycles. The number of hydrogen-bond donors (Lipinski definition) is 0. The van der Waals surface area contributed by atoms with E-state index in [4.69, 9.17) is 5.10 Å². The fraction of sp³-hybridized carbons (Fsp3) is 0.148. The summed E-state index contributed by atoms with van der Waals surface area (Å²) in [5, 5.41) is 14.0. The summed E-state index contributed by atoms with van der Waals surface area (Å²) in [6.07, 6.45) is 0.798. The molecule has 1 aromatic heterocycles. The van der Waals surface area contributed by atoms with Gasteiger partial charge in [0.2, 0.25) is 5.91 Å². The third-order valence-electron chi connectivity index (χ3n) is 5.90. The molecule has 4 aromatic rings. The maximum Gasteiger partial charge on any atom is 0.244 e. The molecular formula is C27H22N4O. The Kier molecular flexibility index (Phi) is 5.27. The van der Waals surface area contributed by atoms with E-state index in [1.165, 1.54) is 5.56 Å². The fourth-order valence-corrected chi connectivity index (χ4v) is 4.20. The maximum absolute atomic E-state index is 13.3. The van der Waals surface area contributed by atoms with E-state index in [1.54, 1.807) is 4.68 Å². The second-order valence-corrected chi connectivity index (χ2v) is 7.97. The summed E-state index contributed by atoms with van der Waals surface area (Å²) in [6.45, 7) is 1.37. The monoisotopic (exact) mass is 418 g/mol. The average molecular weight is 419 g/mol. The van der Waals surface area contributed by atoms with E-state index < -0.39 is 0 Å². The average Bonchev–Trinajstić information content (AvgIpc) is 3.28. The highest BCUT2D eigenvalue weighted by Gasteiger charge is 2.23. The van der Waals surface area contributed by atoms with Gasteiger partial charge >= 0.3 is 0 Å². The van der Waals surface area contributed by atoms with Gasteiger partial charge in [0, 0.05) is 18.7 Å². The van der Waals surface area contributed by atoms with E-state index in [9.17, 15) is 10.1 Å². The number of carbonyl (C=O) groups is 1. The molecule has 5 rings (SSSR count). The molecule has 1 aliphatic heterocycles. The minimum Gasteiger partial charge on any atom is -0.336 e. The van der Waals surface area contributed by atoms with Crippen LogP contribution in [0.15, 0.2) is 84.9 Å². The van der Waals surface area contributed by atoms with Crippen LogP contribution in [0.4, 0.5) is 0 Å². The van der Waals surface area contributed by atoms with Crippen molar-refractivity contribution in [3.05, 3.63) is 102 Å². The normalized spacial score (nSPS) is 12.8. The van der Waals surface area contributed by atoms with Crippen molar-refractivity contribution >= 4 is 5.91 Å². The first-order valence-electron chi connectivity index (χ1n) is 10.7. The lowest BCUT2D eigenvalue weighted by Crippen LogP contribution is -2.38. The predicted octanol–water partition coefficient (Wildman–Crippen LogP) is 4.67. The number of aromatic nitrogens is 2. The van der Waals surface area contributed by atoms with E-state index >= 15 is 0 Å². The minimum absolute atomic E-state index is 0.0258. The lowest BCUT2D eigenvalue weighted by atomic mass is 9.97. The van der Waals surface area contributed by atoms with Gasteiger partial charge in [0.25, 0.3) is 0 Å². The molecule has 2 heterocycles. The van der Waals surface area contributed by atoms with Crippen LogP contribution in [0.1, 0.15) is 16.7 Å². The van der Waals surface area contributed by atoms with Crippen LogP contribution in [0.3, 0.4) is 0 Å². The van der Waals surface area contributed by atoms with Crippen molar-refractivity contribution in [2.75, 3.05) is 6.54 Å². The summed E-state index contributed by atoms with van der Waals surface area (Å²) in [7, 11) is 0. The first kappa shape index (κ1) is 19.8. The SMILES string of the molecule is N#Cc1ccc2c(c1)CN(C(=O)Cn1nc(-c3ccccc3)cc1-c1ccccc1)CC2. The molecule has 0 spiro atoms. The van der Waals surface area contributed by atoms with Crippen LogP contribution in [0.25, 0.3) is 22.5 Å². The number of nitrogens with zero attached hydrogens (tertiary/aromatic N) is 4. The molecule has 1 aliphatic rings. The van der Waals surface area contributed by atoms with Gasteiger partial charge in [-0.15, -0.1) is 0 Å². The van der Waals surface area contributed by atoms with Gasteiger partial charge in [-0.05, 0) is 41.3 Å². The molecule has 0 bridgehead atoms. The Hall–Kier alpha value is -4.17. The van der Waals surface area contributed by atoms with Gasteiger partial charge in [-0.2, -0.15) is 10.4 Å². The molecule has 0 saturated carbocycles. The molecular weight excluding hydrogens is 396 g/mol. The standard InChI is InChI=1S/C27H22N4O/c28-17-20-11-12-21-13-14-30(18-24(21)15-20)27(32)19-31-26(23-9-5-2-6-10-23)16-25(29-31)22-7-3-1-4-8-22/h1-12,15-16H,13-14,18-19H2. The lowest BCUT2D eigenvalue weighted by Gasteiger charge is -2.29. The van der Waals surface area contributed by atoms with Gasteiger partial charge in [-0.1, -0.05) is 66.7 Å². The number of hydrogen-bond acceptors (Lipinski definition) is 3. The number of amides is 1. The zero-order valence-corrected chi connectivity index (χ0v) is 17.6. The lowest BCUT2D eigenvalue weighted by molar-refractivity contribution is -0.132. The Labute approximate surface area is 187 Å². The molecule has 32 heavy (non-hydrogen) atoms. The first-order valence-corrected chi connectivity index (χ1v) is 10.7. The fourth-order valence-electron chi connectivity index (χ4n) is 4.20. The molecule has 0 N–H and O–H groups in total. The summed E-state index contributed by atoms with van der Waals surface area (Å²) in [6, 6.07) is 30.0. The number of fused-ring (bicyclic) bond motifs is 1. The Bertz CT molecular complexity index is 1300. The zero-order valence-electron chi connectivity index (χ0n) is 17.6. The second kappa shape index (κ2) is 8.52. The van der Waals surface area contributed by atoms with Gasteiger partial charge in [0.15, 0.2) is 0 Å². The largest absolute Gasteiger partial charge is 0.336 e. The van der Waals surface area contributed by atoms with Crippen molar-refractivity contribution < 1.29 is 4.79 Å². The quantitative estimate of drug-likeness (QED) is 0.484. The number of carbonyl (C=O) groups excluding carboxylic acids is 1. The Morgan fingerprint density at radius 2 is 1.62 bits per heavy atom. The maximum atomic E-state index is 13.3. The predicted molar refractivity (Wildman–Crippen MR) is 123 cm³/mol. The zero-order chi connectivity index (χ0) is 21.9. The number of rotatable bonds is 4. The van der Waals surface area contributed by atoms with Crippen molar-refractivity contribution in [1.29, 1.82) is 5.26 Å². The third kappa shape index (κ3) is 3.91. The highest BCUT2D eigenvalue weighted by Crippen LogP contribution is 2.27. The molecule has 0 fully saturated rings. The van der Waals surface area contributed by atoms with Gasteiger partial charge < -0.3 is 4.90 Å². The van der Waals surface area contributed by atoms with Crippen LogP contribution in [0.5, 0.6) is 0 Å². The van der Waals surface area contributed by atoms with E-state index in [-0.39, 0.29) is 12.5 Å². The van der Waals surface area contributed by atoms with Crippen LogP contribution in [0.2, 0.25) is 0 Å². The smallest absolute Gasteiger partial charge is 0.244 e. The summed E-state index contributed by atoms with van der Waals surface area (Å²) in [4.78, 5) is 15.1. The topological polar surface area (TPSA) is 61.9 Å². The van der Waals surface area contributed by atoms with Crippen LogP contribution >= 0.6 is 0 Å². The molecule has 0 atom stereocenters. The molecule has 1 amide bonds. The molecule has 0 radical (unpaired) electrons. The van der Waals surface area contributed by atoms with Gasteiger partial charge in [-0.25, -0.2) is 0 Å². The summed E-state index contributed by atoms with van der Waals surface area (Å²) in [5.74, 6) is 0.0258. The van der Waals surface area contributed by atoms with Crippen LogP contribution in [0, 0.1) is 11.3 Å². The van der Waals surface area contributed by atoms with Gasteiger partial charge in [0.1, 0.15) is 6.54 Å². The van der Waals surface area contributed by atoms with Crippen LogP contribution < -0.4 is 0 Å². The minimum atomic E-state index is 0.0258. The van der Waals surface area contributed by atoms with Gasteiger partial charge in [-0.3, -0.25) is 9.48 Å². The molecule has 0 unspecified atom stereocenters. The van der Waals surface area contributed by atoms with Crippen molar-refractivity contribution in [2.24, 2.45) is 0 Å². The summed E-state index contributed by atoms with van der Waals surface area (Å²) >= 11 is 0. The first-order chi connectivity index (χ1) is 15.7. The van der Waals surface area contributed by atoms with Gasteiger partial charge in [0.05, 0.1) is 23.0 Å².